The summed E-state index contributed by atoms with van der Waals surface area (Å²) in [5.41, 5.74) is 1.19. The normalized spacial score (nSPS) is 15.9. The van der Waals surface area contributed by atoms with Crippen molar-refractivity contribution in [3.63, 3.8) is 0 Å². The standard InChI is InChI=1S/C15H22N2O3S/c1-4-12-10(2)9-13(21-12)14(18)16-11-5-7-17(8-6-11)15(19)20-3/h9,11H,4-8H2,1-3H3,(H,16,18). The maximum absolute atomic E-state index is 12.3. The number of nitrogens with one attached hydrogen (secondary N) is 1. The minimum absolute atomic E-state index is 0.000631. The number of aryl methyl sites for hydroxylation is 2. The number of carbonyl (C=O) groups is 2. The number of likely N-dealkylation sites (tertiary alicyclic amines) is 1. The fraction of sp³-hybridized carbons (Fsp3) is 0.600. The summed E-state index contributed by atoms with van der Waals surface area (Å²) in [5.74, 6) is -0.000631. The number of methoxy groups -OCH3 is 1. The summed E-state index contributed by atoms with van der Waals surface area (Å²) in [5, 5.41) is 3.07. The van der Waals surface area contributed by atoms with Crippen LogP contribution in [0.1, 0.15) is 39.9 Å². The van der Waals surface area contributed by atoms with E-state index in [0.717, 1.165) is 24.1 Å². The van der Waals surface area contributed by atoms with Gasteiger partial charge in [0.15, 0.2) is 0 Å². The van der Waals surface area contributed by atoms with Gasteiger partial charge in [0.25, 0.3) is 5.91 Å². The molecule has 116 valence electrons. The van der Waals surface area contributed by atoms with E-state index in [0.29, 0.717) is 13.1 Å². The average Bonchev–Trinajstić information content (AvgIpc) is 2.88. The van der Waals surface area contributed by atoms with Crippen molar-refractivity contribution < 1.29 is 14.3 Å². The third kappa shape index (κ3) is 3.75. The van der Waals surface area contributed by atoms with Gasteiger partial charge >= 0.3 is 6.09 Å². The largest absolute Gasteiger partial charge is 0.453 e. The van der Waals surface area contributed by atoms with Crippen LogP contribution in [0.25, 0.3) is 0 Å². The number of thiophene rings is 1. The van der Waals surface area contributed by atoms with Gasteiger partial charge in [-0.15, -0.1) is 11.3 Å². The zero-order chi connectivity index (χ0) is 15.4. The predicted octanol–water partition coefficient (Wildman–Crippen LogP) is 2.58. The Kier molecular flexibility index (Phi) is 5.22. The fourth-order valence-corrected chi connectivity index (χ4v) is 3.59. The molecule has 0 aliphatic carbocycles. The highest BCUT2D eigenvalue weighted by Crippen LogP contribution is 2.22. The number of piperidine rings is 1. The number of carbonyl (C=O) groups excluding carboxylic acids is 2. The molecule has 6 heteroatoms. The second-order valence-electron chi connectivity index (χ2n) is 5.28. The molecule has 0 atom stereocenters. The molecule has 0 radical (unpaired) electrons. The third-order valence-corrected chi connectivity index (χ3v) is 5.21. The molecule has 1 aromatic heterocycles. The Morgan fingerprint density at radius 3 is 2.62 bits per heavy atom. The van der Waals surface area contributed by atoms with Crippen molar-refractivity contribution in [1.82, 2.24) is 10.2 Å². The third-order valence-electron chi connectivity index (χ3n) is 3.83. The van der Waals surface area contributed by atoms with Crippen molar-refractivity contribution in [2.24, 2.45) is 0 Å². The van der Waals surface area contributed by atoms with E-state index in [9.17, 15) is 9.59 Å². The fourth-order valence-electron chi connectivity index (χ4n) is 2.57. The molecule has 0 spiro atoms. The van der Waals surface area contributed by atoms with E-state index < -0.39 is 0 Å². The van der Waals surface area contributed by atoms with Gasteiger partial charge in [-0.1, -0.05) is 6.92 Å². The summed E-state index contributed by atoms with van der Waals surface area (Å²) >= 11 is 1.57. The highest BCUT2D eigenvalue weighted by atomic mass is 32.1. The van der Waals surface area contributed by atoms with Crippen molar-refractivity contribution in [3.8, 4) is 0 Å². The van der Waals surface area contributed by atoms with Gasteiger partial charge in [0.05, 0.1) is 12.0 Å². The van der Waals surface area contributed by atoms with Crippen LogP contribution in [0.5, 0.6) is 0 Å². The monoisotopic (exact) mass is 310 g/mol. The van der Waals surface area contributed by atoms with Crippen molar-refractivity contribution in [1.29, 1.82) is 0 Å². The summed E-state index contributed by atoms with van der Waals surface area (Å²) in [4.78, 5) is 27.4. The van der Waals surface area contributed by atoms with Crippen molar-refractivity contribution >= 4 is 23.3 Å². The van der Waals surface area contributed by atoms with Crippen molar-refractivity contribution in [2.45, 2.75) is 39.2 Å². The van der Waals surface area contributed by atoms with E-state index in [1.54, 1.807) is 16.2 Å². The van der Waals surface area contributed by atoms with Gasteiger partial charge in [0.1, 0.15) is 0 Å². The number of rotatable bonds is 3. The van der Waals surface area contributed by atoms with Crippen LogP contribution in [0.4, 0.5) is 4.79 Å². The van der Waals surface area contributed by atoms with Gasteiger partial charge in [0.2, 0.25) is 0 Å². The molecule has 1 saturated heterocycles. The summed E-state index contributed by atoms with van der Waals surface area (Å²) in [6, 6.07) is 2.09. The maximum Gasteiger partial charge on any atom is 0.409 e. The lowest BCUT2D eigenvalue weighted by Gasteiger charge is -2.31. The SMILES string of the molecule is CCc1sc(C(=O)NC2CCN(C(=O)OC)CC2)cc1C. The number of hydrogen-bond donors (Lipinski definition) is 1. The molecule has 1 N–H and O–H groups in total. The molecule has 0 unspecified atom stereocenters. The number of hydrogen-bond acceptors (Lipinski definition) is 4. The quantitative estimate of drug-likeness (QED) is 0.933. The van der Waals surface area contributed by atoms with E-state index in [4.69, 9.17) is 4.74 Å². The van der Waals surface area contributed by atoms with E-state index in [1.165, 1.54) is 17.6 Å². The zero-order valence-electron chi connectivity index (χ0n) is 12.8. The molecular weight excluding hydrogens is 288 g/mol. The molecule has 0 aromatic carbocycles. The van der Waals surface area contributed by atoms with Gasteiger partial charge in [-0.3, -0.25) is 4.79 Å². The first-order valence-corrected chi connectivity index (χ1v) is 8.09. The molecule has 1 aliphatic rings. The van der Waals surface area contributed by atoms with Crippen LogP contribution in [0.3, 0.4) is 0 Å². The Labute approximate surface area is 129 Å². The van der Waals surface area contributed by atoms with Crippen LogP contribution in [0.15, 0.2) is 6.07 Å². The van der Waals surface area contributed by atoms with Crippen LogP contribution < -0.4 is 5.32 Å². The van der Waals surface area contributed by atoms with Crippen LogP contribution in [0, 0.1) is 6.92 Å². The Morgan fingerprint density at radius 2 is 2.10 bits per heavy atom. The van der Waals surface area contributed by atoms with E-state index in [-0.39, 0.29) is 18.0 Å². The predicted molar refractivity (Wildman–Crippen MR) is 82.9 cm³/mol. The minimum atomic E-state index is -0.291. The minimum Gasteiger partial charge on any atom is -0.453 e. The van der Waals surface area contributed by atoms with Gasteiger partial charge < -0.3 is 15.0 Å². The average molecular weight is 310 g/mol. The summed E-state index contributed by atoms with van der Waals surface area (Å²) in [6.45, 7) is 5.40. The van der Waals surface area contributed by atoms with E-state index >= 15 is 0 Å². The van der Waals surface area contributed by atoms with E-state index in [2.05, 4.69) is 12.2 Å². The molecule has 5 nitrogen and oxygen atoms in total. The van der Waals surface area contributed by atoms with Gasteiger partial charge in [0, 0.05) is 24.0 Å². The summed E-state index contributed by atoms with van der Waals surface area (Å²) in [7, 11) is 1.39. The van der Waals surface area contributed by atoms with E-state index in [1.807, 2.05) is 13.0 Å². The second kappa shape index (κ2) is 6.93. The Balaban J connectivity index is 1.88. The highest BCUT2D eigenvalue weighted by molar-refractivity contribution is 7.14. The molecule has 1 fully saturated rings. The molecule has 21 heavy (non-hydrogen) atoms. The Morgan fingerprint density at radius 1 is 1.43 bits per heavy atom. The lowest BCUT2D eigenvalue weighted by atomic mass is 10.1. The molecule has 2 amide bonds. The molecular formula is C15H22N2O3S. The number of ether oxygens (including phenoxy) is 1. The van der Waals surface area contributed by atoms with Crippen LogP contribution in [-0.2, 0) is 11.2 Å². The van der Waals surface area contributed by atoms with Gasteiger partial charge in [-0.05, 0) is 37.8 Å². The first-order valence-electron chi connectivity index (χ1n) is 7.28. The van der Waals surface area contributed by atoms with Crippen LogP contribution >= 0.6 is 11.3 Å². The number of nitrogens with zero attached hydrogens (tertiary/aromatic N) is 1. The zero-order valence-corrected chi connectivity index (χ0v) is 13.6. The lowest BCUT2D eigenvalue weighted by molar-refractivity contribution is 0.0896. The topological polar surface area (TPSA) is 58.6 Å². The second-order valence-corrected chi connectivity index (χ2v) is 6.41. The van der Waals surface area contributed by atoms with Crippen LogP contribution in [-0.4, -0.2) is 43.1 Å². The lowest BCUT2D eigenvalue weighted by Crippen LogP contribution is -2.46. The van der Waals surface area contributed by atoms with Gasteiger partial charge in [-0.2, -0.15) is 0 Å². The van der Waals surface area contributed by atoms with Gasteiger partial charge in [-0.25, -0.2) is 4.79 Å². The molecule has 1 aromatic rings. The Bertz CT molecular complexity index is 519. The highest BCUT2D eigenvalue weighted by Gasteiger charge is 2.25. The Hall–Kier alpha value is -1.56. The molecule has 0 saturated carbocycles. The molecule has 1 aliphatic heterocycles. The molecule has 2 heterocycles. The maximum atomic E-state index is 12.3. The first-order chi connectivity index (χ1) is 10.0. The van der Waals surface area contributed by atoms with Crippen LogP contribution in [0.2, 0.25) is 0 Å². The molecule has 0 bridgehead atoms. The van der Waals surface area contributed by atoms with Crippen molar-refractivity contribution in [2.75, 3.05) is 20.2 Å². The van der Waals surface area contributed by atoms with Crippen molar-refractivity contribution in [3.05, 3.63) is 21.4 Å². The smallest absolute Gasteiger partial charge is 0.409 e. The summed E-state index contributed by atoms with van der Waals surface area (Å²) < 4.78 is 4.70. The number of amides is 2. The first kappa shape index (κ1) is 15.8. The molecule has 2 rings (SSSR count). The summed E-state index contributed by atoms with van der Waals surface area (Å²) in [6.07, 6.45) is 2.21.